The second-order valence-electron chi connectivity index (χ2n) is 6.25. The number of hydrogen-bond donors (Lipinski definition) is 2. The van der Waals surface area contributed by atoms with Crippen molar-refractivity contribution < 1.29 is 14.9 Å². The maximum absolute atomic E-state index is 10.1. The minimum Gasteiger partial charge on any atom is -0.392 e. The smallest absolute Gasteiger partial charge is 0.0681 e. The fourth-order valence-corrected chi connectivity index (χ4v) is 3.67. The molecule has 0 aromatic rings. The van der Waals surface area contributed by atoms with E-state index >= 15 is 0 Å². The lowest BCUT2D eigenvalue weighted by Gasteiger charge is -2.56. The van der Waals surface area contributed by atoms with Gasteiger partial charge >= 0.3 is 0 Å². The predicted molar refractivity (Wildman–Crippen MR) is 79.6 cm³/mol. The van der Waals surface area contributed by atoms with E-state index in [-0.39, 0.29) is 23.7 Å². The zero-order valence-corrected chi connectivity index (χ0v) is 12.6. The van der Waals surface area contributed by atoms with Crippen molar-refractivity contribution in [1.82, 2.24) is 4.90 Å². The van der Waals surface area contributed by atoms with Crippen LogP contribution in [0.1, 0.15) is 39.0 Å². The maximum atomic E-state index is 10.1. The minimum atomic E-state index is -0.268. The molecule has 0 bridgehead atoms. The van der Waals surface area contributed by atoms with Crippen LogP contribution in [0.4, 0.5) is 0 Å². The molecular weight excluding hydrogens is 254 g/mol. The molecule has 20 heavy (non-hydrogen) atoms. The molecule has 2 aliphatic rings. The van der Waals surface area contributed by atoms with Gasteiger partial charge in [-0.25, -0.2) is 0 Å². The average Bonchev–Trinajstić information content (AvgIpc) is 2.46. The van der Waals surface area contributed by atoms with Crippen LogP contribution in [0.5, 0.6) is 0 Å². The van der Waals surface area contributed by atoms with Crippen molar-refractivity contribution in [3.8, 4) is 0 Å². The molecule has 1 heterocycles. The van der Waals surface area contributed by atoms with Crippen molar-refractivity contribution in [2.24, 2.45) is 5.41 Å². The number of piperidine rings is 1. The van der Waals surface area contributed by atoms with Crippen molar-refractivity contribution in [2.75, 3.05) is 26.2 Å². The molecule has 1 saturated carbocycles. The highest BCUT2D eigenvalue weighted by Crippen LogP contribution is 2.50. The number of hydrogen-bond acceptors (Lipinski definition) is 4. The monoisotopic (exact) mass is 283 g/mol. The van der Waals surface area contributed by atoms with Gasteiger partial charge in [0.05, 0.1) is 18.3 Å². The van der Waals surface area contributed by atoms with E-state index in [1.165, 1.54) is 0 Å². The molecule has 2 rings (SSSR count). The number of ether oxygens (including phenoxy) is 1. The van der Waals surface area contributed by atoms with Crippen LogP contribution in [0, 0.1) is 5.41 Å². The molecule has 1 saturated heterocycles. The fourth-order valence-electron chi connectivity index (χ4n) is 3.67. The summed E-state index contributed by atoms with van der Waals surface area (Å²) in [5.74, 6) is 0. The van der Waals surface area contributed by atoms with E-state index in [9.17, 15) is 10.2 Å². The van der Waals surface area contributed by atoms with E-state index in [1.807, 2.05) is 13.0 Å². The first kappa shape index (κ1) is 16.0. The molecular formula is C16H29NO3. The van der Waals surface area contributed by atoms with Crippen LogP contribution in [-0.2, 0) is 4.74 Å². The summed E-state index contributed by atoms with van der Waals surface area (Å²) < 4.78 is 5.77. The largest absolute Gasteiger partial charge is 0.392 e. The van der Waals surface area contributed by atoms with Crippen molar-refractivity contribution in [3.05, 3.63) is 12.7 Å². The third-order valence-electron chi connectivity index (χ3n) is 5.07. The quantitative estimate of drug-likeness (QED) is 0.696. The van der Waals surface area contributed by atoms with Crippen LogP contribution >= 0.6 is 0 Å². The molecule has 4 heteroatoms. The lowest BCUT2D eigenvalue weighted by molar-refractivity contribution is -0.210. The third kappa shape index (κ3) is 3.25. The zero-order valence-electron chi connectivity index (χ0n) is 12.6. The molecule has 0 aromatic carbocycles. The van der Waals surface area contributed by atoms with Gasteiger partial charge in [0.1, 0.15) is 0 Å². The van der Waals surface area contributed by atoms with Crippen molar-refractivity contribution >= 4 is 0 Å². The SMILES string of the molecule is C=CCCC(O)CN1CCC2(CC1)C(O)CC2OCC. The molecule has 2 N–H and O–H groups in total. The molecule has 3 atom stereocenters. The Bertz CT molecular complexity index is 311. The van der Waals surface area contributed by atoms with Crippen LogP contribution < -0.4 is 0 Å². The molecule has 0 aromatic heterocycles. The number of likely N-dealkylation sites (tertiary alicyclic amines) is 1. The normalized spacial score (nSPS) is 30.9. The zero-order chi connectivity index (χ0) is 14.6. The Hall–Kier alpha value is -0.420. The first-order valence-corrected chi connectivity index (χ1v) is 7.93. The highest BCUT2D eigenvalue weighted by molar-refractivity contribution is 5.06. The van der Waals surface area contributed by atoms with Gasteiger partial charge in [-0.3, -0.25) is 0 Å². The first-order valence-electron chi connectivity index (χ1n) is 7.93. The van der Waals surface area contributed by atoms with Crippen LogP contribution in [0.25, 0.3) is 0 Å². The predicted octanol–water partition coefficient (Wildman–Crippen LogP) is 1.57. The van der Waals surface area contributed by atoms with Gasteiger partial charge in [-0.15, -0.1) is 6.58 Å². The van der Waals surface area contributed by atoms with Gasteiger partial charge in [0.25, 0.3) is 0 Å². The number of nitrogens with zero attached hydrogens (tertiary/aromatic N) is 1. The Morgan fingerprint density at radius 1 is 1.45 bits per heavy atom. The van der Waals surface area contributed by atoms with E-state index in [4.69, 9.17) is 4.74 Å². The third-order valence-corrected chi connectivity index (χ3v) is 5.07. The Labute approximate surface area is 122 Å². The van der Waals surface area contributed by atoms with Crippen LogP contribution in [0.15, 0.2) is 12.7 Å². The van der Waals surface area contributed by atoms with Crippen molar-refractivity contribution in [1.29, 1.82) is 0 Å². The Balaban J connectivity index is 1.78. The van der Waals surface area contributed by atoms with Gasteiger partial charge in [0, 0.05) is 25.0 Å². The molecule has 116 valence electrons. The van der Waals surface area contributed by atoms with Gasteiger partial charge in [-0.05, 0) is 45.7 Å². The summed E-state index contributed by atoms with van der Waals surface area (Å²) in [6.45, 7) is 9.06. The van der Waals surface area contributed by atoms with Gasteiger partial charge in [0.2, 0.25) is 0 Å². The van der Waals surface area contributed by atoms with Gasteiger partial charge in [0.15, 0.2) is 0 Å². The van der Waals surface area contributed by atoms with Crippen molar-refractivity contribution in [3.63, 3.8) is 0 Å². The molecule has 0 radical (unpaired) electrons. The van der Waals surface area contributed by atoms with Crippen LogP contribution in [0.2, 0.25) is 0 Å². The topological polar surface area (TPSA) is 52.9 Å². The summed E-state index contributed by atoms with van der Waals surface area (Å²) in [5, 5.41) is 20.1. The molecule has 1 spiro atoms. The molecule has 0 amide bonds. The molecule has 3 unspecified atom stereocenters. The summed E-state index contributed by atoms with van der Waals surface area (Å²) in [7, 11) is 0. The van der Waals surface area contributed by atoms with E-state index in [0.29, 0.717) is 0 Å². The summed E-state index contributed by atoms with van der Waals surface area (Å²) in [5.41, 5.74) is -0.0153. The Morgan fingerprint density at radius 3 is 2.70 bits per heavy atom. The second-order valence-corrected chi connectivity index (χ2v) is 6.25. The van der Waals surface area contributed by atoms with Crippen molar-refractivity contribution in [2.45, 2.75) is 57.3 Å². The summed E-state index contributed by atoms with van der Waals surface area (Å²) in [6, 6.07) is 0. The lowest BCUT2D eigenvalue weighted by atomic mass is 9.58. The highest BCUT2D eigenvalue weighted by atomic mass is 16.5. The summed E-state index contributed by atoms with van der Waals surface area (Å²) in [4.78, 5) is 2.31. The van der Waals surface area contributed by atoms with Gasteiger partial charge in [-0.1, -0.05) is 6.08 Å². The molecule has 2 fully saturated rings. The Morgan fingerprint density at radius 2 is 2.15 bits per heavy atom. The summed E-state index contributed by atoms with van der Waals surface area (Å²) in [6.07, 6.45) is 6.01. The summed E-state index contributed by atoms with van der Waals surface area (Å²) >= 11 is 0. The standard InChI is InChI=1S/C16H29NO3/c1-3-5-6-13(18)12-17-9-7-16(8-10-17)14(19)11-15(16)20-4-2/h3,13-15,18-19H,1,4-12H2,2H3. The van der Waals surface area contributed by atoms with Crippen LogP contribution in [0.3, 0.4) is 0 Å². The second kappa shape index (κ2) is 7.03. The van der Waals surface area contributed by atoms with Gasteiger partial charge < -0.3 is 19.8 Å². The van der Waals surface area contributed by atoms with Gasteiger partial charge in [-0.2, -0.15) is 0 Å². The average molecular weight is 283 g/mol. The molecule has 4 nitrogen and oxygen atoms in total. The first-order chi connectivity index (χ1) is 9.62. The number of aliphatic hydroxyl groups is 2. The number of rotatable bonds is 7. The van der Waals surface area contributed by atoms with E-state index in [2.05, 4.69) is 11.5 Å². The maximum Gasteiger partial charge on any atom is 0.0681 e. The molecule has 1 aliphatic carbocycles. The minimum absolute atomic E-state index is 0.0153. The lowest BCUT2D eigenvalue weighted by Crippen LogP contribution is -2.62. The number of allylic oxidation sites excluding steroid dienone is 1. The Kier molecular flexibility index (Phi) is 5.61. The van der Waals surface area contributed by atoms with E-state index in [0.717, 1.165) is 58.3 Å². The van der Waals surface area contributed by atoms with E-state index < -0.39 is 0 Å². The molecule has 1 aliphatic heterocycles. The highest BCUT2D eigenvalue weighted by Gasteiger charge is 2.55. The number of aliphatic hydroxyl groups excluding tert-OH is 2. The number of β-amino-alcohol motifs (C(OH)–C–C–N with tert-alkyl or cyclic N) is 1. The van der Waals surface area contributed by atoms with Crippen LogP contribution in [-0.4, -0.2) is 59.7 Å². The fraction of sp³-hybridized carbons (Fsp3) is 0.875. The van der Waals surface area contributed by atoms with E-state index in [1.54, 1.807) is 0 Å².